The highest BCUT2D eigenvalue weighted by atomic mass is 14.8. The average molecular weight is 201 g/mol. The van der Waals surface area contributed by atoms with Gasteiger partial charge < -0.3 is 5.32 Å². The van der Waals surface area contributed by atoms with Gasteiger partial charge in [0.1, 0.15) is 0 Å². The van der Waals surface area contributed by atoms with Crippen molar-refractivity contribution in [2.75, 3.05) is 13.1 Å². The molecular weight excluding hydrogens is 182 g/mol. The van der Waals surface area contributed by atoms with E-state index in [4.69, 9.17) is 0 Å². The quantitative estimate of drug-likeness (QED) is 0.736. The molecule has 1 heterocycles. The van der Waals surface area contributed by atoms with Gasteiger partial charge in [0.2, 0.25) is 0 Å². The van der Waals surface area contributed by atoms with Crippen molar-refractivity contribution >= 4 is 6.08 Å². The molecule has 0 atom stereocenters. The van der Waals surface area contributed by atoms with Gasteiger partial charge in [0.25, 0.3) is 0 Å². The van der Waals surface area contributed by atoms with E-state index in [0.29, 0.717) is 0 Å². The molecule has 15 heavy (non-hydrogen) atoms. The molecule has 0 unspecified atom stereocenters. The predicted octanol–water partition coefficient (Wildman–Crippen LogP) is 3.15. The molecule has 0 spiro atoms. The SMILES string of the molecule is Cc1cccc(/C=C2/CCCNCC2)c1. The maximum atomic E-state index is 3.43. The van der Waals surface area contributed by atoms with E-state index in [1.165, 1.54) is 36.9 Å². The lowest BCUT2D eigenvalue weighted by Gasteiger charge is -2.03. The van der Waals surface area contributed by atoms with Crippen LogP contribution in [0.5, 0.6) is 0 Å². The maximum Gasteiger partial charge on any atom is -0.00115 e. The molecule has 1 fully saturated rings. The molecule has 2 rings (SSSR count). The highest BCUT2D eigenvalue weighted by Crippen LogP contribution is 2.17. The van der Waals surface area contributed by atoms with Crippen LogP contribution >= 0.6 is 0 Å². The van der Waals surface area contributed by atoms with E-state index >= 15 is 0 Å². The van der Waals surface area contributed by atoms with Crippen molar-refractivity contribution in [2.24, 2.45) is 0 Å². The summed E-state index contributed by atoms with van der Waals surface area (Å²) in [6.07, 6.45) is 6.09. The number of aryl methyl sites for hydroxylation is 1. The summed E-state index contributed by atoms with van der Waals surface area (Å²) >= 11 is 0. The van der Waals surface area contributed by atoms with Gasteiger partial charge in [-0.25, -0.2) is 0 Å². The zero-order valence-electron chi connectivity index (χ0n) is 9.42. The molecule has 1 N–H and O–H groups in total. The standard InChI is InChI=1S/C14H19N/c1-12-4-2-5-14(10-12)11-13-6-3-8-15-9-7-13/h2,4-5,10-11,15H,3,6-9H2,1H3/b13-11-. The number of rotatable bonds is 1. The molecule has 1 saturated heterocycles. The Morgan fingerprint density at radius 2 is 2.13 bits per heavy atom. The van der Waals surface area contributed by atoms with Crippen LogP contribution in [0.4, 0.5) is 0 Å². The topological polar surface area (TPSA) is 12.0 Å². The molecule has 1 heteroatoms. The van der Waals surface area contributed by atoms with Crippen LogP contribution in [0.15, 0.2) is 29.8 Å². The number of hydrogen-bond acceptors (Lipinski definition) is 1. The van der Waals surface area contributed by atoms with E-state index in [1.54, 1.807) is 5.57 Å². The molecule has 1 aromatic carbocycles. The zero-order valence-corrected chi connectivity index (χ0v) is 9.42. The fourth-order valence-corrected chi connectivity index (χ4v) is 2.08. The summed E-state index contributed by atoms with van der Waals surface area (Å²) in [6, 6.07) is 8.73. The van der Waals surface area contributed by atoms with Crippen molar-refractivity contribution in [2.45, 2.75) is 26.2 Å². The molecule has 1 nitrogen and oxygen atoms in total. The van der Waals surface area contributed by atoms with Crippen molar-refractivity contribution in [1.82, 2.24) is 5.32 Å². The van der Waals surface area contributed by atoms with Crippen molar-refractivity contribution < 1.29 is 0 Å². The van der Waals surface area contributed by atoms with E-state index in [9.17, 15) is 0 Å². The van der Waals surface area contributed by atoms with Gasteiger partial charge in [0.05, 0.1) is 0 Å². The number of benzene rings is 1. The van der Waals surface area contributed by atoms with Crippen LogP contribution < -0.4 is 5.32 Å². The summed E-state index contributed by atoms with van der Waals surface area (Å²) in [4.78, 5) is 0. The van der Waals surface area contributed by atoms with Crippen LogP contribution in [0.2, 0.25) is 0 Å². The van der Waals surface area contributed by atoms with E-state index in [1.807, 2.05) is 0 Å². The first-order valence-electron chi connectivity index (χ1n) is 5.81. The molecule has 0 bridgehead atoms. The van der Waals surface area contributed by atoms with Gasteiger partial charge in [-0.05, 0) is 44.8 Å². The Hall–Kier alpha value is -1.08. The van der Waals surface area contributed by atoms with Gasteiger partial charge in [-0.15, -0.1) is 0 Å². The minimum Gasteiger partial charge on any atom is -0.316 e. The molecule has 1 aliphatic rings. The second kappa shape index (κ2) is 5.13. The Kier molecular flexibility index (Phi) is 3.57. The highest BCUT2D eigenvalue weighted by molar-refractivity contribution is 5.53. The van der Waals surface area contributed by atoms with Crippen LogP contribution in [0.3, 0.4) is 0 Å². The minimum atomic E-state index is 1.14. The second-order valence-electron chi connectivity index (χ2n) is 4.32. The Morgan fingerprint density at radius 3 is 3.00 bits per heavy atom. The fraction of sp³-hybridized carbons (Fsp3) is 0.429. The monoisotopic (exact) mass is 201 g/mol. The van der Waals surface area contributed by atoms with Gasteiger partial charge >= 0.3 is 0 Å². The molecule has 1 aromatic rings. The normalized spacial score (nSPS) is 20.2. The first kappa shape index (κ1) is 10.4. The van der Waals surface area contributed by atoms with Gasteiger partial charge in [-0.1, -0.05) is 41.5 Å². The molecule has 0 aromatic heterocycles. The average Bonchev–Trinajstić information content (AvgIpc) is 2.46. The fourth-order valence-electron chi connectivity index (χ4n) is 2.08. The van der Waals surface area contributed by atoms with Crippen LogP contribution in [0.1, 0.15) is 30.4 Å². The lowest BCUT2D eigenvalue weighted by Crippen LogP contribution is -2.13. The van der Waals surface area contributed by atoms with E-state index in [-0.39, 0.29) is 0 Å². The Morgan fingerprint density at radius 1 is 1.20 bits per heavy atom. The molecule has 1 aliphatic heterocycles. The second-order valence-corrected chi connectivity index (χ2v) is 4.32. The van der Waals surface area contributed by atoms with Crippen molar-refractivity contribution in [1.29, 1.82) is 0 Å². The molecule has 80 valence electrons. The molecule has 0 aliphatic carbocycles. The molecule has 0 amide bonds. The molecule has 0 saturated carbocycles. The lowest BCUT2D eigenvalue weighted by molar-refractivity contribution is 0.703. The van der Waals surface area contributed by atoms with Crippen LogP contribution in [-0.2, 0) is 0 Å². The summed E-state index contributed by atoms with van der Waals surface area (Å²) in [5.74, 6) is 0. The summed E-state index contributed by atoms with van der Waals surface area (Å²) in [5.41, 5.74) is 4.29. The Balaban J connectivity index is 2.13. The summed E-state index contributed by atoms with van der Waals surface area (Å²) < 4.78 is 0. The summed E-state index contributed by atoms with van der Waals surface area (Å²) in [7, 11) is 0. The third-order valence-corrected chi connectivity index (χ3v) is 2.89. The Labute approximate surface area is 92.2 Å². The lowest BCUT2D eigenvalue weighted by atomic mass is 10.0. The highest BCUT2D eigenvalue weighted by Gasteiger charge is 2.03. The van der Waals surface area contributed by atoms with Gasteiger partial charge in [0.15, 0.2) is 0 Å². The smallest absolute Gasteiger partial charge is 0.00115 e. The van der Waals surface area contributed by atoms with Gasteiger partial charge in [-0.2, -0.15) is 0 Å². The minimum absolute atomic E-state index is 1.14. The van der Waals surface area contributed by atoms with Crippen LogP contribution in [0.25, 0.3) is 6.08 Å². The van der Waals surface area contributed by atoms with Crippen molar-refractivity contribution in [3.05, 3.63) is 41.0 Å². The van der Waals surface area contributed by atoms with Crippen molar-refractivity contribution in [3.8, 4) is 0 Å². The third-order valence-electron chi connectivity index (χ3n) is 2.89. The predicted molar refractivity (Wildman–Crippen MR) is 65.9 cm³/mol. The zero-order chi connectivity index (χ0) is 10.5. The third kappa shape index (κ3) is 3.21. The first-order valence-corrected chi connectivity index (χ1v) is 5.81. The number of hydrogen-bond donors (Lipinski definition) is 1. The van der Waals surface area contributed by atoms with Crippen LogP contribution in [0, 0.1) is 6.92 Å². The maximum absolute atomic E-state index is 3.43. The molecular formula is C14H19N. The van der Waals surface area contributed by atoms with Gasteiger partial charge in [0, 0.05) is 0 Å². The summed E-state index contributed by atoms with van der Waals surface area (Å²) in [5, 5.41) is 3.43. The van der Waals surface area contributed by atoms with Gasteiger partial charge in [-0.3, -0.25) is 0 Å². The van der Waals surface area contributed by atoms with Crippen molar-refractivity contribution in [3.63, 3.8) is 0 Å². The number of nitrogens with one attached hydrogen (secondary N) is 1. The van der Waals surface area contributed by atoms with E-state index < -0.39 is 0 Å². The van der Waals surface area contributed by atoms with E-state index in [0.717, 1.165) is 6.54 Å². The van der Waals surface area contributed by atoms with E-state index in [2.05, 4.69) is 42.6 Å². The summed E-state index contributed by atoms with van der Waals surface area (Å²) in [6.45, 7) is 4.46. The Bertz CT molecular complexity index is 342. The van der Waals surface area contributed by atoms with Crippen LogP contribution in [-0.4, -0.2) is 13.1 Å². The largest absolute Gasteiger partial charge is 0.316 e. The first-order chi connectivity index (χ1) is 7.34. The molecule has 0 radical (unpaired) electrons.